The molecule has 0 aliphatic rings. The van der Waals surface area contributed by atoms with Gasteiger partial charge in [0.25, 0.3) is 0 Å². The third-order valence-electron chi connectivity index (χ3n) is 7.41. The number of amides is 7. The molecule has 0 fully saturated rings. The van der Waals surface area contributed by atoms with Gasteiger partial charge in [0.2, 0.25) is 41.4 Å². The van der Waals surface area contributed by atoms with Crippen molar-refractivity contribution in [2.24, 2.45) is 17.4 Å². The van der Waals surface area contributed by atoms with Gasteiger partial charge in [-0.05, 0) is 32.6 Å². The molecule has 0 aliphatic heterocycles. The van der Waals surface area contributed by atoms with Gasteiger partial charge in [-0.2, -0.15) is 0 Å². The van der Waals surface area contributed by atoms with E-state index in [9.17, 15) is 53.7 Å². The molecule has 292 valence electrons. The van der Waals surface area contributed by atoms with Gasteiger partial charge in [-0.15, -0.1) is 0 Å². The molecule has 0 saturated carbocycles. The summed E-state index contributed by atoms with van der Waals surface area (Å²) in [6, 6.07) is -10.3. The lowest BCUT2D eigenvalue weighted by molar-refractivity contribution is -0.143. The van der Waals surface area contributed by atoms with E-state index in [0.29, 0.717) is 5.69 Å². The van der Waals surface area contributed by atoms with Crippen LogP contribution in [0.3, 0.4) is 0 Å². The van der Waals surface area contributed by atoms with Crippen LogP contribution in [0.15, 0.2) is 12.5 Å². The van der Waals surface area contributed by atoms with Crippen LogP contribution in [0, 0.1) is 5.92 Å². The van der Waals surface area contributed by atoms with Crippen molar-refractivity contribution in [2.75, 3.05) is 13.2 Å². The molecule has 22 nitrogen and oxygen atoms in total. The summed E-state index contributed by atoms with van der Waals surface area (Å²) in [7, 11) is 0. The first-order valence-corrected chi connectivity index (χ1v) is 16.3. The number of carbonyl (C=O) groups is 8. The molecule has 22 heteroatoms. The number of nitrogens with two attached hydrogens (primary N) is 2. The van der Waals surface area contributed by atoms with Gasteiger partial charge in [0, 0.05) is 24.7 Å². The van der Waals surface area contributed by atoms with E-state index >= 15 is 0 Å². The van der Waals surface area contributed by atoms with Gasteiger partial charge >= 0.3 is 5.97 Å². The second kappa shape index (κ2) is 21.9. The smallest absolute Gasteiger partial charge is 0.328 e. The standard InChI is InChI=1S/C30H50N10O12/c1-13(2)7-19(27(48)36-18(5-6-22(32)44)26(47)39-21(11-42)30(51)52)37-29(50)23(15(4)43)40-28(49)20(10-41)38-24(45)14(3)35-25(46)17(31)8-16-9-33-12-34-16/h9,12-15,17-21,23,41-43H,5-8,10-11,31H2,1-4H3,(H2,32,44)(H,33,34)(H,35,46)(H,36,48)(H,37,50)(H,38,45)(H,39,47)(H,40,49)(H,51,52)/t14-,15+,17-,18-,19-,20-,21-,23-/m0/s1. The number of carboxylic acid groups (broad SMARTS) is 1. The first kappa shape index (κ1) is 44.8. The topological polar surface area (TPSA) is 370 Å². The molecule has 1 heterocycles. The fourth-order valence-electron chi connectivity index (χ4n) is 4.51. The number of rotatable bonds is 23. The van der Waals surface area contributed by atoms with Crippen LogP contribution in [0.4, 0.5) is 0 Å². The van der Waals surface area contributed by atoms with Crippen LogP contribution < -0.4 is 43.4 Å². The van der Waals surface area contributed by atoms with Crippen LogP contribution in [-0.2, 0) is 44.8 Å². The van der Waals surface area contributed by atoms with Crippen molar-refractivity contribution in [2.45, 2.75) is 102 Å². The number of H-pyrrole nitrogens is 1. The van der Waals surface area contributed by atoms with E-state index in [1.165, 1.54) is 19.4 Å². The van der Waals surface area contributed by atoms with E-state index in [1.807, 2.05) is 5.32 Å². The Bertz CT molecular complexity index is 1390. The van der Waals surface area contributed by atoms with E-state index in [4.69, 9.17) is 16.6 Å². The summed E-state index contributed by atoms with van der Waals surface area (Å²) in [5, 5.41) is 52.2. The number of carboxylic acids is 1. The molecule has 0 bridgehead atoms. The molecule has 0 saturated heterocycles. The number of hydrogen-bond donors (Lipinski definition) is 13. The highest BCUT2D eigenvalue weighted by Gasteiger charge is 2.35. The first-order valence-electron chi connectivity index (χ1n) is 16.3. The zero-order chi connectivity index (χ0) is 39.7. The predicted octanol–water partition coefficient (Wildman–Crippen LogP) is -6.03. The van der Waals surface area contributed by atoms with Crippen molar-refractivity contribution in [1.82, 2.24) is 41.9 Å². The lowest BCUT2D eigenvalue weighted by Crippen LogP contribution is -2.62. The number of aromatic nitrogens is 2. The number of hydrogen-bond acceptors (Lipinski definition) is 13. The van der Waals surface area contributed by atoms with Gasteiger partial charge in [0.05, 0.1) is 31.7 Å². The van der Waals surface area contributed by atoms with E-state index in [0.717, 1.165) is 6.92 Å². The number of aliphatic hydroxyl groups excluding tert-OH is 3. The van der Waals surface area contributed by atoms with Crippen molar-refractivity contribution < 1.29 is 58.8 Å². The van der Waals surface area contributed by atoms with Crippen LogP contribution in [0.2, 0.25) is 0 Å². The maximum Gasteiger partial charge on any atom is 0.328 e. The van der Waals surface area contributed by atoms with E-state index in [-0.39, 0.29) is 25.2 Å². The summed E-state index contributed by atoms with van der Waals surface area (Å²) < 4.78 is 0. The zero-order valence-electron chi connectivity index (χ0n) is 29.3. The molecule has 7 amide bonds. The lowest BCUT2D eigenvalue weighted by atomic mass is 10.0. The SMILES string of the molecule is CC(C)C[C@H](NC(=O)[C@@H](NC(=O)[C@H](CO)NC(=O)[C@H](C)NC(=O)[C@@H](N)Cc1cnc[nH]1)[C@@H](C)O)C(=O)N[C@@H](CCC(N)=O)C(=O)N[C@@H](CO)C(=O)O. The summed E-state index contributed by atoms with van der Waals surface area (Å²) in [6.07, 6.45) is 0.567. The summed E-state index contributed by atoms with van der Waals surface area (Å²) in [4.78, 5) is 107. The molecule has 1 aromatic heterocycles. The molecule has 0 aromatic carbocycles. The largest absolute Gasteiger partial charge is 0.480 e. The minimum atomic E-state index is -1.74. The highest BCUT2D eigenvalue weighted by molar-refractivity contribution is 5.97. The minimum Gasteiger partial charge on any atom is -0.480 e. The Balaban J connectivity index is 3.03. The Hall–Kier alpha value is -5.19. The third-order valence-corrected chi connectivity index (χ3v) is 7.41. The summed E-state index contributed by atoms with van der Waals surface area (Å²) in [5.41, 5.74) is 11.6. The first-order chi connectivity index (χ1) is 24.3. The minimum absolute atomic E-state index is 0.0406. The number of nitrogens with one attached hydrogen (secondary N) is 7. The molecule has 0 radical (unpaired) electrons. The molecular formula is C30H50N10O12. The van der Waals surface area contributed by atoms with Crippen LogP contribution in [0.1, 0.15) is 52.7 Å². The second-order valence-electron chi connectivity index (χ2n) is 12.4. The average molecular weight is 743 g/mol. The maximum atomic E-state index is 13.4. The van der Waals surface area contributed by atoms with E-state index in [2.05, 4.69) is 36.6 Å². The second-order valence-corrected chi connectivity index (χ2v) is 12.4. The monoisotopic (exact) mass is 742 g/mol. The number of imidazole rings is 1. The number of primary amides is 1. The number of aliphatic hydroxyl groups is 3. The number of carbonyl (C=O) groups excluding carboxylic acids is 7. The summed E-state index contributed by atoms with van der Waals surface area (Å²) >= 11 is 0. The molecule has 0 unspecified atom stereocenters. The van der Waals surface area contributed by atoms with E-state index < -0.39 is 115 Å². The highest BCUT2D eigenvalue weighted by Crippen LogP contribution is 2.09. The molecule has 1 aromatic rings. The Labute approximate surface area is 298 Å². The molecule has 52 heavy (non-hydrogen) atoms. The maximum absolute atomic E-state index is 13.4. The highest BCUT2D eigenvalue weighted by atomic mass is 16.4. The quantitative estimate of drug-likeness (QED) is 0.0497. The molecule has 0 aliphatic carbocycles. The fourth-order valence-corrected chi connectivity index (χ4v) is 4.51. The van der Waals surface area contributed by atoms with Crippen LogP contribution in [0.25, 0.3) is 0 Å². The number of nitrogens with zero attached hydrogens (tertiary/aromatic N) is 1. The Morgan fingerprint density at radius 3 is 1.79 bits per heavy atom. The molecule has 0 spiro atoms. The number of aromatic amines is 1. The van der Waals surface area contributed by atoms with Crippen LogP contribution >= 0.6 is 0 Å². The van der Waals surface area contributed by atoms with Crippen molar-refractivity contribution in [1.29, 1.82) is 0 Å². The van der Waals surface area contributed by atoms with Gasteiger partial charge in [-0.3, -0.25) is 33.6 Å². The molecule has 1 rings (SSSR count). The normalized spacial score (nSPS) is 15.7. The third kappa shape index (κ3) is 15.4. The Morgan fingerprint density at radius 1 is 0.750 bits per heavy atom. The molecular weight excluding hydrogens is 692 g/mol. The van der Waals surface area contributed by atoms with E-state index in [1.54, 1.807) is 13.8 Å². The Kier molecular flexibility index (Phi) is 18.9. The molecule has 8 atom stereocenters. The summed E-state index contributed by atoms with van der Waals surface area (Å²) in [6.45, 7) is 3.89. The van der Waals surface area contributed by atoms with Crippen molar-refractivity contribution in [3.05, 3.63) is 18.2 Å². The van der Waals surface area contributed by atoms with Crippen molar-refractivity contribution >= 4 is 47.3 Å². The van der Waals surface area contributed by atoms with Gasteiger partial charge in [-0.25, -0.2) is 9.78 Å². The average Bonchev–Trinajstić information content (AvgIpc) is 3.58. The summed E-state index contributed by atoms with van der Waals surface area (Å²) in [5.74, 6) is -8.47. The number of aliphatic carboxylic acids is 1. The Morgan fingerprint density at radius 2 is 1.29 bits per heavy atom. The van der Waals surface area contributed by atoms with Gasteiger partial charge in [0.15, 0.2) is 0 Å². The zero-order valence-corrected chi connectivity index (χ0v) is 29.3. The van der Waals surface area contributed by atoms with Crippen molar-refractivity contribution in [3.63, 3.8) is 0 Å². The van der Waals surface area contributed by atoms with Gasteiger partial charge < -0.3 is 68.8 Å². The van der Waals surface area contributed by atoms with Crippen molar-refractivity contribution in [3.8, 4) is 0 Å². The predicted molar refractivity (Wildman–Crippen MR) is 179 cm³/mol. The lowest BCUT2D eigenvalue weighted by Gasteiger charge is -2.28. The van der Waals surface area contributed by atoms with Gasteiger partial charge in [-0.1, -0.05) is 13.8 Å². The molecule has 15 N–H and O–H groups in total. The van der Waals surface area contributed by atoms with Crippen LogP contribution in [0.5, 0.6) is 0 Å². The van der Waals surface area contributed by atoms with Gasteiger partial charge in [0.1, 0.15) is 36.3 Å². The fraction of sp³-hybridized carbons (Fsp3) is 0.633. The van der Waals surface area contributed by atoms with Crippen LogP contribution in [-0.4, -0.2) is 139 Å².